The highest BCUT2D eigenvalue weighted by Gasteiger charge is 2.27. The lowest BCUT2D eigenvalue weighted by Gasteiger charge is -2.11. The molecule has 0 atom stereocenters. The summed E-state index contributed by atoms with van der Waals surface area (Å²) in [5.74, 6) is -0.290. The summed E-state index contributed by atoms with van der Waals surface area (Å²) >= 11 is 1.58. The summed E-state index contributed by atoms with van der Waals surface area (Å²) in [7, 11) is 0. The number of para-hydroxylation sites is 1. The molecule has 2 aromatic carbocycles. The summed E-state index contributed by atoms with van der Waals surface area (Å²) < 4.78 is 40.9. The molecule has 0 saturated heterocycles. The van der Waals surface area contributed by atoms with E-state index >= 15 is 0 Å². The van der Waals surface area contributed by atoms with Gasteiger partial charge in [-0.15, -0.1) is 11.3 Å². The zero-order chi connectivity index (χ0) is 19.3. The molecular weight excluding hydrogens is 375 g/mol. The molecule has 1 heterocycles. The third-order valence-corrected chi connectivity index (χ3v) is 4.62. The molecule has 7 heteroatoms. The lowest BCUT2D eigenvalue weighted by molar-refractivity contribution is -0.176. The predicted molar refractivity (Wildman–Crippen MR) is 99.9 cm³/mol. The standard InChI is InChI=1S/C20H16F3NO2S/c21-20(22,23)13-26-12-14-7-9-15(10-8-14)19(25)24-17-5-2-1-4-16(17)18-6-3-11-27-18/h1-11H,12-13H2,(H,24,25). The average Bonchev–Trinajstić information content (AvgIpc) is 3.16. The molecule has 0 aliphatic heterocycles. The fourth-order valence-electron chi connectivity index (χ4n) is 2.47. The van der Waals surface area contributed by atoms with Gasteiger partial charge in [0.05, 0.1) is 6.61 Å². The molecule has 0 bridgehead atoms. The Labute approximate surface area is 158 Å². The second kappa shape index (κ2) is 8.37. The van der Waals surface area contributed by atoms with Gasteiger partial charge >= 0.3 is 6.18 Å². The van der Waals surface area contributed by atoms with E-state index in [1.807, 2.05) is 41.8 Å². The number of thiophene rings is 1. The third kappa shape index (κ3) is 5.42. The van der Waals surface area contributed by atoms with Gasteiger partial charge in [-0.3, -0.25) is 4.79 Å². The van der Waals surface area contributed by atoms with E-state index in [0.29, 0.717) is 16.8 Å². The van der Waals surface area contributed by atoms with Crippen molar-refractivity contribution >= 4 is 22.9 Å². The van der Waals surface area contributed by atoms with Crippen LogP contribution in [0.3, 0.4) is 0 Å². The number of halogens is 3. The van der Waals surface area contributed by atoms with E-state index in [0.717, 1.165) is 10.4 Å². The van der Waals surface area contributed by atoms with Crippen LogP contribution >= 0.6 is 11.3 Å². The monoisotopic (exact) mass is 391 g/mol. The van der Waals surface area contributed by atoms with Crippen molar-refractivity contribution in [3.63, 3.8) is 0 Å². The normalized spacial score (nSPS) is 11.4. The number of ether oxygens (including phenoxy) is 1. The SMILES string of the molecule is O=C(Nc1ccccc1-c1cccs1)c1ccc(COCC(F)(F)F)cc1. The minimum atomic E-state index is -4.35. The molecule has 0 aliphatic carbocycles. The van der Waals surface area contributed by atoms with Gasteiger partial charge in [0.2, 0.25) is 0 Å². The minimum absolute atomic E-state index is 0.164. The number of carbonyl (C=O) groups is 1. The van der Waals surface area contributed by atoms with Crippen LogP contribution in [-0.2, 0) is 11.3 Å². The first-order valence-corrected chi connectivity index (χ1v) is 8.98. The number of benzene rings is 2. The number of rotatable bonds is 6. The number of alkyl halides is 3. The van der Waals surface area contributed by atoms with Crippen molar-refractivity contribution in [3.8, 4) is 10.4 Å². The van der Waals surface area contributed by atoms with E-state index in [1.54, 1.807) is 35.6 Å². The highest BCUT2D eigenvalue weighted by molar-refractivity contribution is 7.13. The van der Waals surface area contributed by atoms with Gasteiger partial charge in [0, 0.05) is 21.7 Å². The molecule has 0 unspecified atom stereocenters. The van der Waals surface area contributed by atoms with Crippen LogP contribution in [-0.4, -0.2) is 18.7 Å². The second-order valence-electron chi connectivity index (χ2n) is 5.78. The zero-order valence-electron chi connectivity index (χ0n) is 14.1. The van der Waals surface area contributed by atoms with Gasteiger partial charge in [0.15, 0.2) is 0 Å². The van der Waals surface area contributed by atoms with E-state index in [1.165, 1.54) is 0 Å². The Kier molecular flexibility index (Phi) is 5.93. The molecule has 1 aromatic heterocycles. The Bertz CT molecular complexity index is 890. The molecule has 0 fully saturated rings. The van der Waals surface area contributed by atoms with Gasteiger partial charge < -0.3 is 10.1 Å². The molecule has 0 radical (unpaired) electrons. The van der Waals surface area contributed by atoms with Gasteiger partial charge in [-0.2, -0.15) is 13.2 Å². The van der Waals surface area contributed by atoms with Crippen LogP contribution in [0.25, 0.3) is 10.4 Å². The highest BCUT2D eigenvalue weighted by atomic mass is 32.1. The molecular formula is C20H16F3NO2S. The maximum Gasteiger partial charge on any atom is 0.411 e. The van der Waals surface area contributed by atoms with Crippen molar-refractivity contribution in [2.45, 2.75) is 12.8 Å². The number of anilines is 1. The van der Waals surface area contributed by atoms with Gasteiger partial charge in [0.1, 0.15) is 6.61 Å². The summed E-state index contributed by atoms with van der Waals surface area (Å²) in [6, 6.07) is 17.7. The van der Waals surface area contributed by atoms with Gasteiger partial charge in [-0.25, -0.2) is 0 Å². The Morgan fingerprint density at radius 1 is 1.00 bits per heavy atom. The van der Waals surface area contributed by atoms with Crippen LogP contribution in [0, 0.1) is 0 Å². The number of carbonyl (C=O) groups excluding carboxylic acids is 1. The smallest absolute Gasteiger partial charge is 0.367 e. The van der Waals surface area contributed by atoms with Crippen LogP contribution < -0.4 is 5.32 Å². The van der Waals surface area contributed by atoms with E-state index in [2.05, 4.69) is 10.1 Å². The number of hydrogen-bond acceptors (Lipinski definition) is 3. The maximum absolute atomic E-state index is 12.5. The molecule has 27 heavy (non-hydrogen) atoms. The van der Waals surface area contributed by atoms with E-state index in [4.69, 9.17) is 0 Å². The summed E-state index contributed by atoms with van der Waals surface area (Å²) in [5, 5.41) is 4.85. The Morgan fingerprint density at radius 3 is 2.41 bits per heavy atom. The van der Waals surface area contributed by atoms with Crippen LogP contribution in [0.5, 0.6) is 0 Å². The molecule has 0 saturated carbocycles. The largest absolute Gasteiger partial charge is 0.411 e. The topological polar surface area (TPSA) is 38.3 Å². The molecule has 0 spiro atoms. The fraction of sp³-hybridized carbons (Fsp3) is 0.150. The third-order valence-electron chi connectivity index (χ3n) is 3.71. The zero-order valence-corrected chi connectivity index (χ0v) is 14.9. The molecule has 3 rings (SSSR count). The highest BCUT2D eigenvalue weighted by Crippen LogP contribution is 2.31. The summed E-state index contributed by atoms with van der Waals surface area (Å²) in [4.78, 5) is 13.5. The van der Waals surface area contributed by atoms with Crippen molar-refractivity contribution in [1.29, 1.82) is 0 Å². The first-order valence-electron chi connectivity index (χ1n) is 8.10. The number of hydrogen-bond donors (Lipinski definition) is 1. The van der Waals surface area contributed by atoms with E-state index < -0.39 is 12.8 Å². The quantitative estimate of drug-likeness (QED) is 0.581. The van der Waals surface area contributed by atoms with Crippen LogP contribution in [0.2, 0.25) is 0 Å². The Morgan fingerprint density at radius 2 is 1.74 bits per heavy atom. The van der Waals surface area contributed by atoms with Crippen LogP contribution in [0.4, 0.5) is 18.9 Å². The molecule has 140 valence electrons. The fourth-order valence-corrected chi connectivity index (χ4v) is 3.24. The second-order valence-corrected chi connectivity index (χ2v) is 6.73. The van der Waals surface area contributed by atoms with Crippen molar-refractivity contribution in [2.75, 3.05) is 11.9 Å². The maximum atomic E-state index is 12.5. The van der Waals surface area contributed by atoms with E-state index in [-0.39, 0.29) is 12.5 Å². The van der Waals surface area contributed by atoms with Crippen LogP contribution in [0.15, 0.2) is 66.0 Å². The van der Waals surface area contributed by atoms with Gasteiger partial charge in [-0.1, -0.05) is 36.4 Å². The molecule has 1 N–H and O–H groups in total. The van der Waals surface area contributed by atoms with Crippen molar-refractivity contribution in [3.05, 3.63) is 77.2 Å². The number of amides is 1. The minimum Gasteiger partial charge on any atom is -0.367 e. The first kappa shape index (κ1) is 19.1. The van der Waals surface area contributed by atoms with Crippen molar-refractivity contribution in [1.82, 2.24) is 0 Å². The number of nitrogens with one attached hydrogen (secondary N) is 1. The van der Waals surface area contributed by atoms with E-state index in [9.17, 15) is 18.0 Å². The molecule has 0 aliphatic rings. The summed E-state index contributed by atoms with van der Waals surface area (Å²) in [5.41, 5.74) is 2.60. The van der Waals surface area contributed by atoms with Crippen molar-refractivity contribution in [2.24, 2.45) is 0 Å². The van der Waals surface area contributed by atoms with Crippen molar-refractivity contribution < 1.29 is 22.7 Å². The average molecular weight is 391 g/mol. The summed E-state index contributed by atoms with van der Waals surface area (Å²) in [6.07, 6.45) is -4.35. The Balaban J connectivity index is 1.65. The lowest BCUT2D eigenvalue weighted by Crippen LogP contribution is -2.16. The first-order chi connectivity index (χ1) is 12.9. The predicted octanol–water partition coefficient (Wildman–Crippen LogP) is 5.75. The van der Waals surface area contributed by atoms with Gasteiger partial charge in [-0.05, 0) is 35.2 Å². The van der Waals surface area contributed by atoms with Gasteiger partial charge in [0.25, 0.3) is 5.91 Å². The Hall–Kier alpha value is -2.64. The lowest BCUT2D eigenvalue weighted by atomic mass is 10.1. The molecule has 1 amide bonds. The molecule has 3 aromatic rings. The summed E-state index contributed by atoms with van der Waals surface area (Å²) in [6.45, 7) is -1.46. The van der Waals surface area contributed by atoms with Crippen LogP contribution in [0.1, 0.15) is 15.9 Å². The molecule has 3 nitrogen and oxygen atoms in total.